The van der Waals surface area contributed by atoms with Crippen LogP contribution in [0.25, 0.3) is 0 Å². The third-order valence-electron chi connectivity index (χ3n) is 4.17. The van der Waals surface area contributed by atoms with Crippen LogP contribution in [0.4, 0.5) is 0 Å². The molecule has 2 atom stereocenters. The maximum absolute atomic E-state index is 3.73. The molecule has 0 spiro atoms. The van der Waals surface area contributed by atoms with Gasteiger partial charge in [-0.25, -0.2) is 0 Å². The number of halogens is 1. The van der Waals surface area contributed by atoms with Crippen LogP contribution >= 0.6 is 15.9 Å². The molecule has 1 aromatic rings. The van der Waals surface area contributed by atoms with Gasteiger partial charge < -0.3 is 5.32 Å². The summed E-state index contributed by atoms with van der Waals surface area (Å²) in [6, 6.07) is 10.1. The van der Waals surface area contributed by atoms with Crippen LogP contribution in [0.1, 0.15) is 45.1 Å². The Bertz CT molecular complexity index is 390. The summed E-state index contributed by atoms with van der Waals surface area (Å²) in [4.78, 5) is 2.68. The Hall–Kier alpha value is -0.380. The Morgan fingerprint density at radius 1 is 1.15 bits per heavy atom. The normalized spacial score (nSPS) is 23.9. The van der Waals surface area contributed by atoms with Crippen molar-refractivity contribution in [3.63, 3.8) is 0 Å². The molecule has 20 heavy (non-hydrogen) atoms. The molecule has 1 aliphatic heterocycles. The first-order chi connectivity index (χ1) is 9.72. The van der Waals surface area contributed by atoms with E-state index in [1.165, 1.54) is 37.8 Å². The molecular formula is C17H27BrN2. The molecule has 1 aliphatic rings. The fourth-order valence-electron chi connectivity index (χ4n) is 3.11. The molecule has 1 heterocycles. The van der Waals surface area contributed by atoms with Crippen LogP contribution in [0.2, 0.25) is 0 Å². The molecule has 0 aliphatic carbocycles. The van der Waals surface area contributed by atoms with Crippen molar-refractivity contribution < 1.29 is 0 Å². The molecule has 0 radical (unpaired) electrons. The fourth-order valence-corrected chi connectivity index (χ4v) is 3.37. The summed E-state index contributed by atoms with van der Waals surface area (Å²) in [5.74, 6) is 0. The highest BCUT2D eigenvalue weighted by molar-refractivity contribution is 9.10. The Balaban J connectivity index is 2.00. The Kier molecular flexibility index (Phi) is 6.53. The molecule has 1 saturated heterocycles. The average Bonchev–Trinajstić information content (AvgIpc) is 2.45. The van der Waals surface area contributed by atoms with Crippen LogP contribution < -0.4 is 5.32 Å². The highest BCUT2D eigenvalue weighted by Gasteiger charge is 2.26. The predicted octanol–water partition coefficient (Wildman–Crippen LogP) is 4.19. The topological polar surface area (TPSA) is 15.3 Å². The minimum Gasteiger partial charge on any atom is -0.311 e. The van der Waals surface area contributed by atoms with Gasteiger partial charge in [0, 0.05) is 36.2 Å². The van der Waals surface area contributed by atoms with E-state index >= 15 is 0 Å². The fraction of sp³-hybridized carbons (Fsp3) is 0.647. The maximum Gasteiger partial charge on any atom is 0.0237 e. The molecule has 2 nitrogen and oxygen atoms in total. The van der Waals surface area contributed by atoms with Crippen LogP contribution in [0.3, 0.4) is 0 Å². The number of benzene rings is 1. The molecule has 0 saturated carbocycles. The highest BCUT2D eigenvalue weighted by Crippen LogP contribution is 2.19. The summed E-state index contributed by atoms with van der Waals surface area (Å²) in [7, 11) is 0. The monoisotopic (exact) mass is 338 g/mol. The zero-order chi connectivity index (χ0) is 14.4. The van der Waals surface area contributed by atoms with Gasteiger partial charge in [0.05, 0.1) is 0 Å². The van der Waals surface area contributed by atoms with Gasteiger partial charge in [-0.2, -0.15) is 0 Å². The highest BCUT2D eigenvalue weighted by atomic mass is 79.9. The van der Waals surface area contributed by atoms with Crippen molar-refractivity contribution >= 4 is 15.9 Å². The summed E-state index contributed by atoms with van der Waals surface area (Å²) >= 11 is 3.51. The van der Waals surface area contributed by atoms with E-state index < -0.39 is 0 Å². The Morgan fingerprint density at radius 3 is 2.50 bits per heavy atom. The van der Waals surface area contributed by atoms with Crippen LogP contribution in [-0.2, 0) is 6.54 Å². The van der Waals surface area contributed by atoms with Gasteiger partial charge in [-0.15, -0.1) is 0 Å². The SMILES string of the molecule is CCCC1CN(Cc2ccc(Br)cc2)C(CCC)CN1. The predicted molar refractivity (Wildman–Crippen MR) is 89.9 cm³/mol. The largest absolute Gasteiger partial charge is 0.311 e. The maximum atomic E-state index is 3.73. The number of nitrogens with zero attached hydrogens (tertiary/aromatic N) is 1. The summed E-state index contributed by atoms with van der Waals surface area (Å²) in [6.45, 7) is 7.98. The smallest absolute Gasteiger partial charge is 0.0237 e. The van der Waals surface area contributed by atoms with Crippen LogP contribution in [-0.4, -0.2) is 30.1 Å². The summed E-state index contributed by atoms with van der Waals surface area (Å²) in [5.41, 5.74) is 1.42. The van der Waals surface area contributed by atoms with Gasteiger partial charge in [0.25, 0.3) is 0 Å². The molecule has 112 valence electrons. The summed E-state index contributed by atoms with van der Waals surface area (Å²) in [6.07, 6.45) is 5.11. The lowest BCUT2D eigenvalue weighted by Crippen LogP contribution is -2.55. The van der Waals surface area contributed by atoms with Gasteiger partial charge in [0.2, 0.25) is 0 Å². The van der Waals surface area contributed by atoms with Crippen LogP contribution in [0.5, 0.6) is 0 Å². The molecule has 2 unspecified atom stereocenters. The van der Waals surface area contributed by atoms with Gasteiger partial charge in [-0.05, 0) is 30.5 Å². The van der Waals surface area contributed by atoms with E-state index in [1.807, 2.05) is 0 Å². The van der Waals surface area contributed by atoms with Gasteiger partial charge in [0.1, 0.15) is 0 Å². The van der Waals surface area contributed by atoms with Gasteiger partial charge in [0.15, 0.2) is 0 Å². The summed E-state index contributed by atoms with van der Waals surface area (Å²) < 4.78 is 1.16. The van der Waals surface area contributed by atoms with E-state index in [-0.39, 0.29) is 0 Å². The van der Waals surface area contributed by atoms with Crippen molar-refractivity contribution in [3.8, 4) is 0 Å². The van der Waals surface area contributed by atoms with Crippen LogP contribution in [0.15, 0.2) is 28.7 Å². The molecule has 0 aromatic heterocycles. The van der Waals surface area contributed by atoms with Crippen molar-refractivity contribution in [3.05, 3.63) is 34.3 Å². The van der Waals surface area contributed by atoms with E-state index in [0.717, 1.165) is 17.6 Å². The molecule has 1 N–H and O–H groups in total. The molecule has 3 heteroatoms. The zero-order valence-corrected chi connectivity index (χ0v) is 14.3. The molecule has 1 fully saturated rings. The van der Waals surface area contributed by atoms with Crippen molar-refractivity contribution in [2.45, 2.75) is 58.2 Å². The lowest BCUT2D eigenvalue weighted by molar-refractivity contribution is 0.112. The van der Waals surface area contributed by atoms with Gasteiger partial charge in [-0.3, -0.25) is 4.90 Å². The van der Waals surface area contributed by atoms with Gasteiger partial charge >= 0.3 is 0 Å². The lowest BCUT2D eigenvalue weighted by Gasteiger charge is -2.40. The molecular weight excluding hydrogens is 312 g/mol. The Morgan fingerprint density at radius 2 is 1.85 bits per heavy atom. The standard InChI is InChI=1S/C17H27BrN2/c1-3-5-16-13-20(17(6-4-2)11-19-16)12-14-7-9-15(18)10-8-14/h7-10,16-17,19H,3-6,11-13H2,1-2H3. The first-order valence-corrected chi connectivity index (χ1v) is 8.74. The molecule has 0 amide bonds. The number of rotatable bonds is 6. The van der Waals surface area contributed by atoms with Crippen molar-refractivity contribution in [2.75, 3.05) is 13.1 Å². The minimum absolute atomic E-state index is 0.670. The quantitative estimate of drug-likeness (QED) is 0.836. The second kappa shape index (κ2) is 8.16. The van der Waals surface area contributed by atoms with E-state index in [0.29, 0.717) is 12.1 Å². The first-order valence-electron chi connectivity index (χ1n) is 7.94. The number of hydrogen-bond acceptors (Lipinski definition) is 2. The number of nitrogens with one attached hydrogen (secondary N) is 1. The van der Waals surface area contributed by atoms with Gasteiger partial charge in [-0.1, -0.05) is 54.8 Å². The first kappa shape index (κ1) is 16.0. The minimum atomic E-state index is 0.670. The summed E-state index contributed by atoms with van der Waals surface area (Å²) in [5, 5.41) is 3.73. The molecule has 2 rings (SSSR count). The number of hydrogen-bond donors (Lipinski definition) is 1. The second-order valence-corrected chi connectivity index (χ2v) is 6.81. The van der Waals surface area contributed by atoms with E-state index in [2.05, 4.69) is 64.3 Å². The van der Waals surface area contributed by atoms with Crippen molar-refractivity contribution in [1.29, 1.82) is 0 Å². The second-order valence-electron chi connectivity index (χ2n) is 5.89. The van der Waals surface area contributed by atoms with Crippen molar-refractivity contribution in [1.82, 2.24) is 10.2 Å². The molecule has 1 aromatic carbocycles. The third kappa shape index (κ3) is 4.57. The Labute approximate surface area is 132 Å². The third-order valence-corrected chi connectivity index (χ3v) is 4.70. The van der Waals surface area contributed by atoms with E-state index in [4.69, 9.17) is 0 Å². The zero-order valence-electron chi connectivity index (χ0n) is 12.7. The molecule has 0 bridgehead atoms. The van der Waals surface area contributed by atoms with E-state index in [1.54, 1.807) is 0 Å². The van der Waals surface area contributed by atoms with Crippen LogP contribution in [0, 0.1) is 0 Å². The van der Waals surface area contributed by atoms with Crippen molar-refractivity contribution in [2.24, 2.45) is 0 Å². The average molecular weight is 339 g/mol. The van der Waals surface area contributed by atoms with E-state index in [9.17, 15) is 0 Å². The number of piperazine rings is 1. The lowest BCUT2D eigenvalue weighted by atomic mass is 10.0.